The van der Waals surface area contributed by atoms with Gasteiger partial charge in [-0.05, 0) is 37.2 Å². The molecule has 0 spiro atoms. The normalized spacial score (nSPS) is 13.2. The Morgan fingerprint density at radius 1 is 0.929 bits per heavy atom. The van der Waals surface area contributed by atoms with Crippen LogP contribution < -0.4 is 15.9 Å². The fourth-order valence-corrected chi connectivity index (χ4v) is 5.99. The van der Waals surface area contributed by atoms with Crippen LogP contribution in [0.25, 0.3) is 33.2 Å². The Morgan fingerprint density at radius 2 is 1.60 bits per heavy atom. The minimum absolute atomic E-state index is 0.0561. The maximum absolute atomic E-state index is 14.0. The Balaban J connectivity index is 1.80. The molecule has 0 bridgehead atoms. The second-order valence-electron chi connectivity index (χ2n) is 13.2. The van der Waals surface area contributed by atoms with E-state index in [1.807, 2.05) is 18.2 Å². The summed E-state index contributed by atoms with van der Waals surface area (Å²) in [6.45, 7) is 16.6. The molecule has 2 N–H and O–H groups in total. The first-order valence-corrected chi connectivity index (χ1v) is 21.9. The predicted octanol–water partition coefficient (Wildman–Crippen LogP) is 5.26. The van der Waals surface area contributed by atoms with E-state index in [0.717, 1.165) is 12.1 Å². The number of aliphatic hydroxyl groups excluding tert-OH is 1. The lowest BCUT2D eigenvalue weighted by Gasteiger charge is -2.18. The SMILES string of the molecule is C[C@@H](CO)n1[nH]c2c(-c3nc4c(OCOCC[Si](C)(C)C)cccc4n(COCC[Si](C)(C)C)c3=O)cccc2c1=O. The average Bonchev–Trinajstić information content (AvgIpc) is 3.26. The molecule has 0 amide bonds. The number of nitrogens with one attached hydrogen (secondary N) is 1. The van der Waals surface area contributed by atoms with E-state index in [4.69, 9.17) is 19.2 Å². The van der Waals surface area contributed by atoms with Crippen molar-refractivity contribution in [1.29, 1.82) is 0 Å². The molecule has 0 aliphatic heterocycles. The van der Waals surface area contributed by atoms with Gasteiger partial charge in [-0.15, -0.1) is 0 Å². The van der Waals surface area contributed by atoms with Crippen LogP contribution in [0.2, 0.25) is 51.4 Å². The highest BCUT2D eigenvalue weighted by molar-refractivity contribution is 6.76. The fourth-order valence-electron chi connectivity index (χ4n) is 4.48. The Morgan fingerprint density at radius 3 is 2.26 bits per heavy atom. The molecule has 228 valence electrons. The number of hydrogen-bond donors (Lipinski definition) is 2. The number of aromatic nitrogens is 4. The standard InChI is InChI=1S/C30H44N4O6Si2/c1-21(18-35)34-29(36)23-11-8-10-22(26(23)32-34)27-30(37)33(19-38-14-16-41(2,3)4)24-12-9-13-25(28(24)31-27)40-20-39-15-17-42(5,6)7/h8-13,21,32,35H,14-20H2,1-7H3/t21-/m0/s1. The third-order valence-corrected chi connectivity index (χ3v) is 10.6. The molecule has 2 aromatic heterocycles. The first-order chi connectivity index (χ1) is 19.8. The van der Waals surface area contributed by atoms with Crippen LogP contribution in [0.3, 0.4) is 0 Å². The van der Waals surface area contributed by atoms with E-state index < -0.39 is 22.2 Å². The van der Waals surface area contributed by atoms with Crippen LogP contribution in [0.1, 0.15) is 13.0 Å². The number of ether oxygens (including phenoxy) is 3. The molecule has 0 aliphatic carbocycles. The summed E-state index contributed by atoms with van der Waals surface area (Å²) in [6.07, 6.45) is 0. The van der Waals surface area contributed by atoms with Crippen LogP contribution in [-0.4, -0.2) is 67.2 Å². The van der Waals surface area contributed by atoms with E-state index >= 15 is 0 Å². The first kappa shape index (κ1) is 31.9. The number of benzene rings is 2. The summed E-state index contributed by atoms with van der Waals surface area (Å²) < 4.78 is 20.8. The molecule has 0 radical (unpaired) electrons. The first-order valence-electron chi connectivity index (χ1n) is 14.5. The Labute approximate surface area is 248 Å². The number of para-hydroxylation sites is 2. The quantitative estimate of drug-likeness (QED) is 0.113. The minimum atomic E-state index is -1.33. The smallest absolute Gasteiger partial charge is 0.279 e. The van der Waals surface area contributed by atoms with Crippen molar-refractivity contribution < 1.29 is 19.3 Å². The van der Waals surface area contributed by atoms with Gasteiger partial charge in [0.1, 0.15) is 23.7 Å². The molecule has 0 saturated carbocycles. The summed E-state index contributed by atoms with van der Waals surface area (Å²) in [4.78, 5) is 32.0. The van der Waals surface area contributed by atoms with E-state index in [2.05, 4.69) is 44.4 Å². The molecule has 2 aromatic carbocycles. The summed E-state index contributed by atoms with van der Waals surface area (Å²) in [5.41, 5.74) is 1.60. The Hall–Kier alpha value is -3.04. The highest BCUT2D eigenvalue weighted by atomic mass is 28.3. The van der Waals surface area contributed by atoms with Crippen LogP contribution in [0.4, 0.5) is 0 Å². The van der Waals surface area contributed by atoms with Gasteiger partial charge in [-0.25, -0.2) is 9.67 Å². The van der Waals surface area contributed by atoms with Crippen molar-refractivity contribution in [2.24, 2.45) is 0 Å². The van der Waals surface area contributed by atoms with Crippen LogP contribution >= 0.6 is 0 Å². The van der Waals surface area contributed by atoms with Crippen LogP contribution in [-0.2, 0) is 16.2 Å². The minimum Gasteiger partial charge on any atom is -0.465 e. The van der Waals surface area contributed by atoms with Crippen molar-refractivity contribution in [1.82, 2.24) is 19.3 Å². The van der Waals surface area contributed by atoms with Crippen molar-refractivity contribution in [3.63, 3.8) is 0 Å². The van der Waals surface area contributed by atoms with Gasteiger partial charge in [-0.3, -0.25) is 19.3 Å². The predicted molar refractivity (Wildman–Crippen MR) is 173 cm³/mol. The number of hydrogen-bond acceptors (Lipinski definition) is 7. The van der Waals surface area contributed by atoms with Gasteiger partial charge < -0.3 is 19.3 Å². The van der Waals surface area contributed by atoms with Gasteiger partial charge in [0.25, 0.3) is 11.1 Å². The largest absolute Gasteiger partial charge is 0.465 e. The van der Waals surface area contributed by atoms with Crippen LogP contribution in [0, 0.1) is 0 Å². The number of rotatable bonds is 14. The monoisotopic (exact) mass is 612 g/mol. The lowest BCUT2D eigenvalue weighted by atomic mass is 10.1. The average molecular weight is 613 g/mol. The van der Waals surface area contributed by atoms with Gasteiger partial charge in [0, 0.05) is 34.9 Å². The molecule has 42 heavy (non-hydrogen) atoms. The molecular formula is C30H44N4O6Si2. The van der Waals surface area contributed by atoms with Gasteiger partial charge in [-0.1, -0.05) is 57.5 Å². The summed E-state index contributed by atoms with van der Waals surface area (Å²) >= 11 is 0. The van der Waals surface area contributed by atoms with Crippen LogP contribution in [0.5, 0.6) is 5.75 Å². The number of fused-ring (bicyclic) bond motifs is 2. The Bertz CT molecular complexity index is 1650. The summed E-state index contributed by atoms with van der Waals surface area (Å²) in [7, 11) is -2.56. The summed E-state index contributed by atoms with van der Waals surface area (Å²) in [5, 5.41) is 13.2. The lowest BCUT2D eigenvalue weighted by Crippen LogP contribution is -2.27. The van der Waals surface area contributed by atoms with E-state index in [9.17, 15) is 14.7 Å². The van der Waals surface area contributed by atoms with Crippen molar-refractivity contribution in [3.05, 3.63) is 57.1 Å². The molecular weight excluding hydrogens is 569 g/mol. The lowest BCUT2D eigenvalue weighted by molar-refractivity contribution is 0.0228. The summed E-state index contributed by atoms with van der Waals surface area (Å²) in [5.74, 6) is 0.491. The van der Waals surface area contributed by atoms with Gasteiger partial charge in [0.2, 0.25) is 0 Å². The van der Waals surface area contributed by atoms with Gasteiger partial charge in [-0.2, -0.15) is 0 Å². The maximum Gasteiger partial charge on any atom is 0.279 e. The molecule has 12 heteroatoms. The number of aliphatic hydroxyl groups is 1. The van der Waals surface area contributed by atoms with E-state index in [0.29, 0.717) is 46.5 Å². The zero-order valence-electron chi connectivity index (χ0n) is 25.8. The zero-order valence-corrected chi connectivity index (χ0v) is 27.8. The number of H-pyrrole nitrogens is 1. The fraction of sp³-hybridized carbons (Fsp3) is 0.500. The number of nitrogens with zero attached hydrogens (tertiary/aromatic N) is 3. The Kier molecular flexibility index (Phi) is 9.93. The van der Waals surface area contributed by atoms with Gasteiger partial charge >= 0.3 is 0 Å². The molecule has 0 aliphatic rings. The zero-order chi connectivity index (χ0) is 30.7. The van der Waals surface area contributed by atoms with Gasteiger partial charge in [0.15, 0.2) is 6.79 Å². The molecule has 10 nitrogen and oxygen atoms in total. The van der Waals surface area contributed by atoms with Crippen molar-refractivity contribution in [2.75, 3.05) is 26.6 Å². The highest BCUT2D eigenvalue weighted by Gasteiger charge is 2.21. The molecule has 0 unspecified atom stereocenters. The van der Waals surface area contributed by atoms with E-state index in [-0.39, 0.29) is 36.9 Å². The van der Waals surface area contributed by atoms with Crippen molar-refractivity contribution in [3.8, 4) is 17.0 Å². The number of aromatic amines is 1. The second-order valence-corrected chi connectivity index (χ2v) is 24.4. The molecule has 1 atom stereocenters. The van der Waals surface area contributed by atoms with Crippen molar-refractivity contribution >= 4 is 38.1 Å². The van der Waals surface area contributed by atoms with Crippen molar-refractivity contribution in [2.45, 2.75) is 71.1 Å². The van der Waals surface area contributed by atoms with E-state index in [1.165, 1.54) is 4.68 Å². The second kappa shape index (κ2) is 13.1. The molecule has 4 aromatic rings. The molecule has 0 saturated heterocycles. The topological polar surface area (TPSA) is 121 Å². The highest BCUT2D eigenvalue weighted by Crippen LogP contribution is 2.29. The van der Waals surface area contributed by atoms with Crippen LogP contribution in [0.15, 0.2) is 46.0 Å². The third kappa shape index (κ3) is 7.48. The molecule has 2 heterocycles. The summed E-state index contributed by atoms with van der Waals surface area (Å²) in [6, 6.07) is 12.2. The third-order valence-electron chi connectivity index (χ3n) is 7.16. The molecule has 4 rings (SSSR count). The maximum atomic E-state index is 14.0. The van der Waals surface area contributed by atoms with E-state index in [1.54, 1.807) is 29.7 Å². The molecule has 0 fully saturated rings. The van der Waals surface area contributed by atoms with Gasteiger partial charge in [0.05, 0.1) is 29.1 Å².